The Morgan fingerprint density at radius 1 is 1.54 bits per heavy atom. The lowest BCUT2D eigenvalue weighted by atomic mass is 9.88. The van der Waals surface area contributed by atoms with E-state index >= 15 is 0 Å². The van der Waals surface area contributed by atoms with Gasteiger partial charge in [0.1, 0.15) is 0 Å². The van der Waals surface area contributed by atoms with Gasteiger partial charge in [-0.15, -0.1) is 6.58 Å². The number of hydrogen-bond donors (Lipinski definition) is 1. The molecule has 0 aliphatic carbocycles. The molecule has 0 aromatic carbocycles. The molecule has 13 heavy (non-hydrogen) atoms. The summed E-state index contributed by atoms with van der Waals surface area (Å²) in [5.41, 5.74) is 0. The highest BCUT2D eigenvalue weighted by Gasteiger charge is 2.23. The molecular formula is C11H20O2. The van der Waals surface area contributed by atoms with E-state index < -0.39 is 0 Å². The minimum Gasteiger partial charge on any atom is -0.396 e. The van der Waals surface area contributed by atoms with Crippen LogP contribution in [0.5, 0.6) is 0 Å². The number of rotatable bonds is 5. The molecule has 1 aliphatic rings. The largest absolute Gasteiger partial charge is 0.396 e. The molecule has 0 amide bonds. The Hall–Kier alpha value is -0.340. The van der Waals surface area contributed by atoms with E-state index in [0.29, 0.717) is 18.6 Å². The minimum absolute atomic E-state index is 0.303. The third-order valence-corrected chi connectivity index (χ3v) is 2.71. The van der Waals surface area contributed by atoms with Gasteiger partial charge in [-0.25, -0.2) is 0 Å². The van der Waals surface area contributed by atoms with Gasteiger partial charge >= 0.3 is 0 Å². The van der Waals surface area contributed by atoms with Gasteiger partial charge in [-0.3, -0.25) is 0 Å². The number of aliphatic hydroxyl groups excluding tert-OH is 1. The summed E-state index contributed by atoms with van der Waals surface area (Å²) < 4.78 is 5.68. The van der Waals surface area contributed by atoms with Crippen LogP contribution in [0.4, 0.5) is 0 Å². The van der Waals surface area contributed by atoms with E-state index in [0.717, 1.165) is 25.9 Å². The molecule has 2 nitrogen and oxygen atoms in total. The van der Waals surface area contributed by atoms with Crippen LogP contribution in [-0.2, 0) is 4.74 Å². The minimum atomic E-state index is 0.303. The molecule has 1 aliphatic heterocycles. The third-order valence-electron chi connectivity index (χ3n) is 2.71. The van der Waals surface area contributed by atoms with Crippen molar-refractivity contribution in [2.24, 2.45) is 5.92 Å². The Labute approximate surface area is 80.6 Å². The van der Waals surface area contributed by atoms with Gasteiger partial charge in [-0.05, 0) is 38.0 Å². The lowest BCUT2D eigenvalue weighted by molar-refractivity contribution is -0.0281. The van der Waals surface area contributed by atoms with E-state index in [2.05, 4.69) is 6.58 Å². The highest BCUT2D eigenvalue weighted by molar-refractivity contribution is 4.81. The quantitative estimate of drug-likeness (QED) is 0.663. The summed E-state index contributed by atoms with van der Waals surface area (Å²) in [5.74, 6) is 0.638. The first-order chi connectivity index (χ1) is 6.38. The molecule has 0 radical (unpaired) electrons. The SMILES string of the molecule is C=CCC1OCCCC1CCCO. The van der Waals surface area contributed by atoms with E-state index in [-0.39, 0.29) is 0 Å². The molecule has 1 fully saturated rings. The first-order valence-electron chi connectivity index (χ1n) is 5.22. The van der Waals surface area contributed by atoms with Gasteiger partial charge in [-0.1, -0.05) is 6.08 Å². The molecule has 1 rings (SSSR count). The van der Waals surface area contributed by atoms with Gasteiger partial charge < -0.3 is 9.84 Å². The molecule has 0 spiro atoms. The summed E-state index contributed by atoms with van der Waals surface area (Å²) >= 11 is 0. The van der Waals surface area contributed by atoms with Crippen molar-refractivity contribution < 1.29 is 9.84 Å². The maximum atomic E-state index is 8.75. The first kappa shape index (κ1) is 10.7. The van der Waals surface area contributed by atoms with Crippen LogP contribution in [0.1, 0.15) is 32.1 Å². The van der Waals surface area contributed by atoms with Gasteiger partial charge in [0, 0.05) is 13.2 Å². The van der Waals surface area contributed by atoms with E-state index in [1.165, 1.54) is 12.8 Å². The zero-order valence-electron chi connectivity index (χ0n) is 8.24. The Kier molecular flexibility index (Phi) is 5.09. The molecular weight excluding hydrogens is 164 g/mol. The number of hydrogen-bond acceptors (Lipinski definition) is 2. The van der Waals surface area contributed by atoms with Gasteiger partial charge in [-0.2, -0.15) is 0 Å². The van der Waals surface area contributed by atoms with Crippen molar-refractivity contribution >= 4 is 0 Å². The highest BCUT2D eigenvalue weighted by atomic mass is 16.5. The molecule has 76 valence electrons. The van der Waals surface area contributed by atoms with E-state index in [4.69, 9.17) is 9.84 Å². The standard InChI is InChI=1S/C11H20O2/c1-2-5-11-10(6-3-8-12)7-4-9-13-11/h2,10-12H,1,3-9H2. The van der Waals surface area contributed by atoms with Gasteiger partial charge in [0.05, 0.1) is 6.10 Å². The van der Waals surface area contributed by atoms with Crippen molar-refractivity contribution in [1.82, 2.24) is 0 Å². The van der Waals surface area contributed by atoms with Gasteiger partial charge in [0.15, 0.2) is 0 Å². The molecule has 2 atom stereocenters. The van der Waals surface area contributed by atoms with Crippen LogP contribution >= 0.6 is 0 Å². The summed E-state index contributed by atoms with van der Waals surface area (Å²) in [6.45, 7) is 4.94. The normalized spacial score (nSPS) is 28.7. The summed E-state index contributed by atoms with van der Waals surface area (Å²) in [6.07, 6.45) is 7.66. The van der Waals surface area contributed by atoms with Crippen LogP contribution in [0.15, 0.2) is 12.7 Å². The molecule has 0 bridgehead atoms. The summed E-state index contributed by atoms with van der Waals surface area (Å²) in [4.78, 5) is 0. The predicted octanol–water partition coefficient (Wildman–Crippen LogP) is 2.13. The Morgan fingerprint density at radius 2 is 2.38 bits per heavy atom. The van der Waals surface area contributed by atoms with Crippen LogP contribution < -0.4 is 0 Å². The van der Waals surface area contributed by atoms with Crippen LogP contribution in [0.3, 0.4) is 0 Å². The topological polar surface area (TPSA) is 29.5 Å². The summed E-state index contributed by atoms with van der Waals surface area (Å²) in [5, 5.41) is 8.75. The van der Waals surface area contributed by atoms with E-state index in [9.17, 15) is 0 Å². The van der Waals surface area contributed by atoms with E-state index in [1.54, 1.807) is 0 Å². The molecule has 2 unspecified atom stereocenters. The van der Waals surface area contributed by atoms with E-state index in [1.807, 2.05) is 6.08 Å². The van der Waals surface area contributed by atoms with Crippen molar-refractivity contribution in [2.45, 2.75) is 38.2 Å². The zero-order valence-corrected chi connectivity index (χ0v) is 8.24. The molecule has 1 N–H and O–H groups in total. The second kappa shape index (κ2) is 6.17. The lowest BCUT2D eigenvalue weighted by Gasteiger charge is -2.31. The lowest BCUT2D eigenvalue weighted by Crippen LogP contribution is -2.29. The van der Waals surface area contributed by atoms with Crippen molar-refractivity contribution in [3.05, 3.63) is 12.7 Å². The van der Waals surface area contributed by atoms with Crippen molar-refractivity contribution in [1.29, 1.82) is 0 Å². The average Bonchev–Trinajstić information content (AvgIpc) is 2.17. The molecule has 0 aromatic heterocycles. The molecule has 2 heteroatoms. The molecule has 0 aromatic rings. The first-order valence-corrected chi connectivity index (χ1v) is 5.22. The second-order valence-corrected chi connectivity index (χ2v) is 3.70. The van der Waals surface area contributed by atoms with Crippen LogP contribution in [0.2, 0.25) is 0 Å². The summed E-state index contributed by atoms with van der Waals surface area (Å²) in [6, 6.07) is 0. The fourth-order valence-electron chi connectivity index (χ4n) is 2.01. The monoisotopic (exact) mass is 184 g/mol. The van der Waals surface area contributed by atoms with Gasteiger partial charge in [0.2, 0.25) is 0 Å². The third kappa shape index (κ3) is 3.49. The maximum Gasteiger partial charge on any atom is 0.0637 e. The molecule has 1 saturated heterocycles. The number of aliphatic hydroxyl groups is 1. The second-order valence-electron chi connectivity index (χ2n) is 3.70. The Morgan fingerprint density at radius 3 is 3.08 bits per heavy atom. The van der Waals surface area contributed by atoms with Crippen LogP contribution in [0.25, 0.3) is 0 Å². The maximum absolute atomic E-state index is 8.75. The fourth-order valence-corrected chi connectivity index (χ4v) is 2.01. The van der Waals surface area contributed by atoms with Crippen molar-refractivity contribution in [3.63, 3.8) is 0 Å². The van der Waals surface area contributed by atoms with Crippen LogP contribution in [0, 0.1) is 5.92 Å². The number of ether oxygens (including phenoxy) is 1. The zero-order chi connectivity index (χ0) is 9.52. The van der Waals surface area contributed by atoms with Crippen LogP contribution in [-0.4, -0.2) is 24.4 Å². The molecule has 0 saturated carbocycles. The predicted molar refractivity (Wildman–Crippen MR) is 53.6 cm³/mol. The highest BCUT2D eigenvalue weighted by Crippen LogP contribution is 2.27. The van der Waals surface area contributed by atoms with Gasteiger partial charge in [0.25, 0.3) is 0 Å². The Bertz CT molecular complexity index is 145. The van der Waals surface area contributed by atoms with Crippen molar-refractivity contribution in [2.75, 3.05) is 13.2 Å². The fraction of sp³-hybridized carbons (Fsp3) is 0.818. The Balaban J connectivity index is 2.32. The average molecular weight is 184 g/mol. The molecule has 1 heterocycles. The summed E-state index contributed by atoms with van der Waals surface area (Å²) in [7, 11) is 0. The smallest absolute Gasteiger partial charge is 0.0637 e. The van der Waals surface area contributed by atoms with Crippen molar-refractivity contribution in [3.8, 4) is 0 Å².